The number of benzene rings is 3. The molecule has 6 nitrogen and oxygen atoms in total. The Labute approximate surface area is 180 Å². The molecule has 0 bridgehead atoms. The van der Waals surface area contributed by atoms with Gasteiger partial charge < -0.3 is 10.1 Å². The van der Waals surface area contributed by atoms with Crippen molar-refractivity contribution >= 4 is 35.0 Å². The first-order chi connectivity index (χ1) is 15.1. The fourth-order valence-corrected chi connectivity index (χ4v) is 3.18. The number of hydrazone groups is 1. The average Bonchev–Trinajstić information content (AvgIpc) is 3.08. The summed E-state index contributed by atoms with van der Waals surface area (Å²) >= 11 is 0. The van der Waals surface area contributed by atoms with Gasteiger partial charge in [-0.25, -0.2) is 0 Å². The molecule has 1 aliphatic rings. The number of carbonyl (C=O) groups excluding carboxylic acids is 2. The average molecular weight is 411 g/mol. The van der Waals surface area contributed by atoms with Crippen molar-refractivity contribution in [3.63, 3.8) is 0 Å². The molecule has 0 atom stereocenters. The smallest absolute Gasteiger partial charge is 0.280 e. The van der Waals surface area contributed by atoms with Crippen LogP contribution in [0, 0.1) is 0 Å². The van der Waals surface area contributed by atoms with Gasteiger partial charge in [0.05, 0.1) is 17.0 Å². The van der Waals surface area contributed by atoms with Crippen molar-refractivity contribution in [3.8, 4) is 5.75 Å². The lowest BCUT2D eigenvalue weighted by Gasteiger charge is -2.12. The molecule has 0 spiro atoms. The molecular weight excluding hydrogens is 390 g/mol. The van der Waals surface area contributed by atoms with Gasteiger partial charge in [0.15, 0.2) is 6.61 Å². The summed E-state index contributed by atoms with van der Waals surface area (Å²) in [6.45, 7) is 1.65. The third-order valence-electron chi connectivity index (χ3n) is 4.70. The van der Waals surface area contributed by atoms with Gasteiger partial charge in [0.2, 0.25) is 0 Å². The second-order valence-electron chi connectivity index (χ2n) is 6.94. The van der Waals surface area contributed by atoms with Crippen molar-refractivity contribution in [1.29, 1.82) is 0 Å². The molecule has 154 valence electrons. The first kappa shape index (κ1) is 20.1. The summed E-state index contributed by atoms with van der Waals surface area (Å²) in [5, 5.41) is 8.57. The molecule has 1 aliphatic heterocycles. The summed E-state index contributed by atoms with van der Waals surface area (Å²) in [5.74, 6) is 0.0379. The van der Waals surface area contributed by atoms with Crippen LogP contribution in [-0.2, 0) is 9.59 Å². The van der Waals surface area contributed by atoms with E-state index in [1.54, 1.807) is 19.1 Å². The normalized spacial score (nSPS) is 14.5. The van der Waals surface area contributed by atoms with Crippen LogP contribution in [0.5, 0.6) is 5.75 Å². The van der Waals surface area contributed by atoms with Crippen molar-refractivity contribution in [3.05, 3.63) is 96.1 Å². The number of rotatable bonds is 6. The van der Waals surface area contributed by atoms with Crippen molar-refractivity contribution < 1.29 is 14.3 Å². The molecule has 0 aliphatic carbocycles. The summed E-state index contributed by atoms with van der Waals surface area (Å²) in [7, 11) is 0. The summed E-state index contributed by atoms with van der Waals surface area (Å²) in [4.78, 5) is 25.2. The minimum atomic E-state index is -0.265. The molecule has 1 heterocycles. The van der Waals surface area contributed by atoms with E-state index in [4.69, 9.17) is 4.74 Å². The number of nitrogens with one attached hydrogen (secondary N) is 1. The third-order valence-corrected chi connectivity index (χ3v) is 4.70. The van der Waals surface area contributed by atoms with Crippen LogP contribution in [-0.4, -0.2) is 24.1 Å². The molecular formula is C25H21N3O3. The molecule has 0 saturated carbocycles. The highest BCUT2D eigenvalue weighted by atomic mass is 16.5. The van der Waals surface area contributed by atoms with Gasteiger partial charge in [0, 0.05) is 11.3 Å². The topological polar surface area (TPSA) is 71.0 Å². The zero-order chi connectivity index (χ0) is 21.6. The van der Waals surface area contributed by atoms with Crippen LogP contribution in [0.25, 0.3) is 6.08 Å². The number of nitrogens with zero attached hydrogens (tertiary/aromatic N) is 2. The Morgan fingerprint density at radius 2 is 1.61 bits per heavy atom. The van der Waals surface area contributed by atoms with Crippen LogP contribution in [0.2, 0.25) is 0 Å². The molecule has 6 heteroatoms. The highest BCUT2D eigenvalue weighted by Gasteiger charge is 2.28. The highest BCUT2D eigenvalue weighted by molar-refractivity contribution is 6.32. The monoisotopic (exact) mass is 411 g/mol. The Kier molecular flexibility index (Phi) is 5.89. The molecule has 0 fully saturated rings. The standard InChI is InChI=1S/C25H21N3O3/c1-18-22(25(30)28(27-18)21-13-6-3-7-14-21)16-19-10-8-9-15-23(19)31-17-24(29)26-20-11-4-2-5-12-20/h2-16H,17H2,1H3,(H,26,29)/b22-16-. The van der Waals surface area contributed by atoms with Crippen molar-refractivity contribution in [1.82, 2.24) is 0 Å². The van der Waals surface area contributed by atoms with Crippen LogP contribution in [0.15, 0.2) is 95.6 Å². The lowest BCUT2D eigenvalue weighted by molar-refractivity contribution is -0.118. The zero-order valence-electron chi connectivity index (χ0n) is 17.0. The predicted octanol–water partition coefficient (Wildman–Crippen LogP) is 4.51. The second kappa shape index (κ2) is 9.09. The predicted molar refractivity (Wildman–Crippen MR) is 122 cm³/mol. The van der Waals surface area contributed by atoms with Gasteiger partial charge in [-0.1, -0.05) is 54.6 Å². The van der Waals surface area contributed by atoms with Crippen LogP contribution in [0.4, 0.5) is 11.4 Å². The number of carbonyl (C=O) groups is 2. The van der Waals surface area contributed by atoms with Crippen LogP contribution >= 0.6 is 0 Å². The van der Waals surface area contributed by atoms with E-state index in [0.717, 1.165) is 0 Å². The number of ether oxygens (including phenoxy) is 1. The maximum absolute atomic E-state index is 12.9. The largest absolute Gasteiger partial charge is 0.483 e. The second-order valence-corrected chi connectivity index (χ2v) is 6.94. The van der Waals surface area contributed by atoms with Crippen molar-refractivity contribution in [2.45, 2.75) is 6.92 Å². The van der Waals surface area contributed by atoms with Gasteiger partial charge in [-0.3, -0.25) is 9.59 Å². The van der Waals surface area contributed by atoms with Gasteiger partial charge in [-0.15, -0.1) is 0 Å². The lowest BCUT2D eigenvalue weighted by Crippen LogP contribution is -2.21. The quantitative estimate of drug-likeness (QED) is 0.607. The zero-order valence-corrected chi connectivity index (χ0v) is 17.0. The van der Waals surface area contributed by atoms with E-state index < -0.39 is 0 Å². The summed E-state index contributed by atoms with van der Waals surface area (Å²) in [6, 6.07) is 25.7. The minimum absolute atomic E-state index is 0.147. The first-order valence-corrected chi connectivity index (χ1v) is 9.85. The summed E-state index contributed by atoms with van der Waals surface area (Å²) in [6.07, 6.45) is 1.74. The van der Waals surface area contributed by atoms with E-state index in [0.29, 0.717) is 34.0 Å². The van der Waals surface area contributed by atoms with E-state index in [-0.39, 0.29) is 18.4 Å². The fourth-order valence-electron chi connectivity index (χ4n) is 3.18. The molecule has 1 N–H and O–H groups in total. The van der Waals surface area contributed by atoms with Gasteiger partial charge in [0.1, 0.15) is 5.75 Å². The van der Waals surface area contributed by atoms with E-state index in [1.807, 2.05) is 78.9 Å². The number of hydrogen-bond acceptors (Lipinski definition) is 4. The molecule has 4 rings (SSSR count). The maximum Gasteiger partial charge on any atom is 0.280 e. The van der Waals surface area contributed by atoms with Crippen LogP contribution < -0.4 is 15.1 Å². The van der Waals surface area contributed by atoms with E-state index in [2.05, 4.69) is 10.4 Å². The highest BCUT2D eigenvalue weighted by Crippen LogP contribution is 2.27. The lowest BCUT2D eigenvalue weighted by atomic mass is 10.1. The Hall–Kier alpha value is -4.19. The SMILES string of the molecule is CC1=NN(c2ccccc2)C(=O)/C1=C\c1ccccc1OCC(=O)Nc1ccccc1. The molecule has 0 aromatic heterocycles. The summed E-state index contributed by atoms with van der Waals surface area (Å²) in [5.41, 5.74) is 3.20. The van der Waals surface area contributed by atoms with E-state index in [9.17, 15) is 9.59 Å². The Balaban J connectivity index is 1.49. The molecule has 0 radical (unpaired) electrons. The van der Waals surface area contributed by atoms with Crippen molar-refractivity contribution in [2.75, 3.05) is 16.9 Å². The first-order valence-electron chi connectivity index (χ1n) is 9.85. The number of amides is 2. The van der Waals surface area contributed by atoms with Gasteiger partial charge in [0.25, 0.3) is 11.8 Å². The van der Waals surface area contributed by atoms with Gasteiger partial charge in [-0.05, 0) is 43.3 Å². The van der Waals surface area contributed by atoms with Crippen molar-refractivity contribution in [2.24, 2.45) is 5.10 Å². The molecule has 3 aromatic carbocycles. The molecule has 0 unspecified atom stereocenters. The molecule has 3 aromatic rings. The van der Waals surface area contributed by atoms with Gasteiger partial charge >= 0.3 is 0 Å². The number of para-hydroxylation sites is 3. The number of hydrogen-bond donors (Lipinski definition) is 1. The maximum atomic E-state index is 12.9. The fraction of sp³-hybridized carbons (Fsp3) is 0.0800. The Morgan fingerprint density at radius 1 is 0.968 bits per heavy atom. The van der Waals surface area contributed by atoms with Crippen LogP contribution in [0.1, 0.15) is 12.5 Å². The molecule has 0 saturated heterocycles. The van der Waals surface area contributed by atoms with Crippen LogP contribution in [0.3, 0.4) is 0 Å². The molecule has 2 amide bonds. The van der Waals surface area contributed by atoms with E-state index >= 15 is 0 Å². The minimum Gasteiger partial charge on any atom is -0.483 e. The Bertz CT molecular complexity index is 1150. The Morgan fingerprint density at radius 3 is 2.35 bits per heavy atom. The number of anilines is 2. The van der Waals surface area contributed by atoms with E-state index in [1.165, 1.54) is 5.01 Å². The molecule has 31 heavy (non-hydrogen) atoms. The van der Waals surface area contributed by atoms with Gasteiger partial charge in [-0.2, -0.15) is 10.1 Å². The third kappa shape index (κ3) is 4.70. The summed E-state index contributed by atoms with van der Waals surface area (Å²) < 4.78 is 5.74.